The molecule has 1 saturated heterocycles. The molecule has 0 aliphatic carbocycles. The lowest BCUT2D eigenvalue weighted by Gasteiger charge is -2.44. The molecule has 0 saturated carbocycles. The van der Waals surface area contributed by atoms with Crippen molar-refractivity contribution in [2.45, 2.75) is 51.0 Å². The van der Waals surface area contributed by atoms with Crippen molar-refractivity contribution in [2.75, 3.05) is 6.54 Å². The van der Waals surface area contributed by atoms with E-state index in [0.29, 0.717) is 24.1 Å². The number of hydrogen-bond donors (Lipinski definition) is 0. The summed E-state index contributed by atoms with van der Waals surface area (Å²) in [7, 11) is 0. The van der Waals surface area contributed by atoms with E-state index in [4.69, 9.17) is 0 Å². The molecule has 0 bridgehead atoms. The first-order chi connectivity index (χ1) is 15.4. The van der Waals surface area contributed by atoms with E-state index in [0.717, 1.165) is 30.9 Å². The van der Waals surface area contributed by atoms with E-state index < -0.39 is 11.6 Å². The van der Waals surface area contributed by atoms with Crippen LogP contribution in [-0.4, -0.2) is 17.4 Å². The number of piperidine rings is 1. The summed E-state index contributed by atoms with van der Waals surface area (Å²) in [4.78, 5) is 15.2. The van der Waals surface area contributed by atoms with Gasteiger partial charge in [0, 0.05) is 30.0 Å². The normalized spacial score (nSPS) is 19.8. The van der Waals surface area contributed by atoms with Crippen LogP contribution in [0.1, 0.15) is 56.7 Å². The topological polar surface area (TPSA) is 20.3 Å². The fraction of sp³-hybridized carbons (Fsp3) is 0.321. The lowest BCUT2D eigenvalue weighted by Crippen LogP contribution is -2.47. The van der Waals surface area contributed by atoms with Crippen molar-refractivity contribution in [2.24, 2.45) is 0 Å². The first-order valence-electron chi connectivity index (χ1n) is 11.3. The molecule has 1 fully saturated rings. The van der Waals surface area contributed by atoms with E-state index >= 15 is 0 Å². The molecule has 32 heavy (non-hydrogen) atoms. The molecule has 166 valence electrons. The van der Waals surface area contributed by atoms with Gasteiger partial charge < -0.3 is 4.90 Å². The van der Waals surface area contributed by atoms with Crippen molar-refractivity contribution in [3.8, 4) is 11.1 Å². The first kappa shape index (κ1) is 22.2. The molecule has 2 nitrogen and oxygen atoms in total. The van der Waals surface area contributed by atoms with Crippen LogP contribution in [0.25, 0.3) is 11.1 Å². The van der Waals surface area contributed by atoms with E-state index in [2.05, 4.69) is 31.2 Å². The highest BCUT2D eigenvalue weighted by atomic mass is 19.1. The summed E-state index contributed by atoms with van der Waals surface area (Å²) < 4.78 is 27.3. The molecule has 0 N–H and O–H groups in total. The van der Waals surface area contributed by atoms with Gasteiger partial charge in [-0.3, -0.25) is 4.79 Å². The SMILES string of the molecule is CCC[C@]1(c2ccccc2)CCN([C@@H](C)c2ccc(-c3ccc(F)cc3F)cc2)C(=O)C1. The minimum Gasteiger partial charge on any atom is -0.336 e. The second kappa shape index (κ2) is 9.23. The van der Waals surface area contributed by atoms with Crippen molar-refractivity contribution in [3.63, 3.8) is 0 Å². The van der Waals surface area contributed by atoms with Gasteiger partial charge in [0.25, 0.3) is 0 Å². The third-order valence-corrected chi connectivity index (χ3v) is 6.86. The third kappa shape index (κ3) is 4.32. The predicted octanol–water partition coefficient (Wildman–Crippen LogP) is 7.05. The number of amides is 1. The molecule has 1 amide bonds. The first-order valence-corrected chi connectivity index (χ1v) is 11.3. The van der Waals surface area contributed by atoms with Crippen LogP contribution in [0.4, 0.5) is 8.78 Å². The Bertz CT molecular complexity index is 1080. The lowest BCUT2D eigenvalue weighted by atomic mass is 9.69. The number of rotatable bonds is 6. The predicted molar refractivity (Wildman–Crippen MR) is 124 cm³/mol. The van der Waals surface area contributed by atoms with Crippen molar-refractivity contribution >= 4 is 5.91 Å². The maximum atomic E-state index is 14.1. The van der Waals surface area contributed by atoms with Gasteiger partial charge in [0.15, 0.2) is 0 Å². The smallest absolute Gasteiger partial charge is 0.223 e. The van der Waals surface area contributed by atoms with E-state index in [1.54, 1.807) is 0 Å². The van der Waals surface area contributed by atoms with Crippen LogP contribution < -0.4 is 0 Å². The minimum absolute atomic E-state index is 0.0648. The van der Waals surface area contributed by atoms with Crippen LogP contribution in [0.3, 0.4) is 0 Å². The van der Waals surface area contributed by atoms with Gasteiger partial charge in [-0.2, -0.15) is 0 Å². The number of likely N-dealkylation sites (tertiary alicyclic amines) is 1. The molecule has 0 spiro atoms. The highest BCUT2D eigenvalue weighted by Gasteiger charge is 2.40. The van der Waals surface area contributed by atoms with E-state index in [1.807, 2.05) is 42.2 Å². The molecule has 1 aliphatic heterocycles. The molecular weight excluding hydrogens is 404 g/mol. The second-order valence-corrected chi connectivity index (χ2v) is 8.83. The maximum Gasteiger partial charge on any atom is 0.223 e. The molecule has 0 aromatic heterocycles. The lowest BCUT2D eigenvalue weighted by molar-refractivity contribution is -0.138. The number of carbonyl (C=O) groups excluding carboxylic acids is 1. The van der Waals surface area contributed by atoms with Crippen LogP contribution >= 0.6 is 0 Å². The Morgan fingerprint density at radius 2 is 1.72 bits per heavy atom. The second-order valence-electron chi connectivity index (χ2n) is 8.83. The Morgan fingerprint density at radius 1 is 1.00 bits per heavy atom. The van der Waals surface area contributed by atoms with Gasteiger partial charge in [0.2, 0.25) is 5.91 Å². The standard InChI is InChI=1S/C28H29F2NO/c1-3-15-28(23-7-5-4-6-8-23)16-17-31(27(32)19-28)20(2)21-9-11-22(12-10-21)25-14-13-24(29)18-26(25)30/h4-14,18,20H,3,15-17,19H2,1-2H3/t20-,28-/m0/s1. The van der Waals surface area contributed by atoms with Crippen LogP contribution in [0, 0.1) is 11.6 Å². The maximum absolute atomic E-state index is 14.1. The monoisotopic (exact) mass is 433 g/mol. The summed E-state index contributed by atoms with van der Waals surface area (Å²) >= 11 is 0. The van der Waals surface area contributed by atoms with Crippen molar-refractivity contribution < 1.29 is 13.6 Å². The molecule has 1 aliphatic rings. The third-order valence-electron chi connectivity index (χ3n) is 6.86. The van der Waals surface area contributed by atoms with Crippen LogP contribution in [0.2, 0.25) is 0 Å². The largest absolute Gasteiger partial charge is 0.336 e. The van der Waals surface area contributed by atoms with Gasteiger partial charge >= 0.3 is 0 Å². The Kier molecular flexibility index (Phi) is 6.40. The zero-order chi connectivity index (χ0) is 22.7. The van der Waals surface area contributed by atoms with Gasteiger partial charge in [-0.25, -0.2) is 8.78 Å². The van der Waals surface area contributed by atoms with Crippen molar-refractivity contribution in [1.82, 2.24) is 4.90 Å². The molecule has 3 aromatic rings. The molecule has 0 unspecified atom stereocenters. The van der Waals surface area contributed by atoms with E-state index in [9.17, 15) is 13.6 Å². The molecule has 4 rings (SSSR count). The molecule has 4 heteroatoms. The number of benzene rings is 3. The van der Waals surface area contributed by atoms with E-state index in [-0.39, 0.29) is 17.4 Å². The van der Waals surface area contributed by atoms with Gasteiger partial charge in [0.05, 0.1) is 6.04 Å². The molecular formula is C28H29F2NO. The molecule has 2 atom stereocenters. The van der Waals surface area contributed by atoms with Crippen LogP contribution in [-0.2, 0) is 10.2 Å². The highest BCUT2D eigenvalue weighted by Crippen LogP contribution is 2.42. The summed E-state index contributed by atoms with van der Waals surface area (Å²) in [6, 6.07) is 21.5. The Hall–Kier alpha value is -3.01. The zero-order valence-electron chi connectivity index (χ0n) is 18.7. The molecule has 1 heterocycles. The Morgan fingerprint density at radius 3 is 2.34 bits per heavy atom. The number of carbonyl (C=O) groups is 1. The average molecular weight is 434 g/mol. The number of hydrogen-bond acceptors (Lipinski definition) is 1. The van der Waals surface area contributed by atoms with E-state index in [1.165, 1.54) is 17.7 Å². The van der Waals surface area contributed by atoms with Gasteiger partial charge in [-0.15, -0.1) is 0 Å². The summed E-state index contributed by atoms with van der Waals surface area (Å²) in [5, 5.41) is 0. The van der Waals surface area contributed by atoms with Gasteiger partial charge in [0.1, 0.15) is 11.6 Å². The Balaban J connectivity index is 1.52. The summed E-state index contributed by atoms with van der Waals surface area (Å²) in [5.41, 5.74) is 3.23. The summed E-state index contributed by atoms with van der Waals surface area (Å²) in [5.74, 6) is -0.991. The van der Waals surface area contributed by atoms with Crippen molar-refractivity contribution in [1.29, 1.82) is 0 Å². The average Bonchev–Trinajstić information content (AvgIpc) is 2.80. The van der Waals surface area contributed by atoms with Gasteiger partial charge in [-0.05, 0) is 48.6 Å². The van der Waals surface area contributed by atoms with Gasteiger partial charge in [-0.1, -0.05) is 67.9 Å². The quantitative estimate of drug-likeness (QED) is 0.408. The Labute approximate surface area is 188 Å². The zero-order valence-corrected chi connectivity index (χ0v) is 18.7. The summed E-state index contributed by atoms with van der Waals surface area (Å²) in [6.45, 7) is 4.93. The fourth-order valence-electron chi connectivity index (χ4n) is 5.07. The number of halogens is 2. The summed E-state index contributed by atoms with van der Waals surface area (Å²) in [6.07, 6.45) is 3.51. The highest BCUT2D eigenvalue weighted by molar-refractivity contribution is 5.79. The number of nitrogens with zero attached hydrogens (tertiary/aromatic N) is 1. The molecule has 3 aromatic carbocycles. The van der Waals surface area contributed by atoms with Crippen molar-refractivity contribution in [3.05, 3.63) is 95.6 Å². The minimum atomic E-state index is -0.588. The van der Waals surface area contributed by atoms with Crippen LogP contribution in [0.5, 0.6) is 0 Å². The molecule has 0 radical (unpaired) electrons. The van der Waals surface area contributed by atoms with Crippen LogP contribution in [0.15, 0.2) is 72.8 Å². The fourth-order valence-corrected chi connectivity index (χ4v) is 5.07.